The van der Waals surface area contributed by atoms with E-state index in [0.717, 1.165) is 0 Å². The molecule has 2 heteroatoms. The second-order valence-electron chi connectivity index (χ2n) is 6.49. The molecule has 0 heterocycles. The Kier molecular flexibility index (Phi) is 6.06. The molecule has 0 aromatic heterocycles. The van der Waals surface area contributed by atoms with E-state index in [1.807, 2.05) is 0 Å². The normalized spacial score (nSPS) is 20.0. The molecule has 1 aromatic carbocycles. The number of aliphatic hydroxyl groups excluding tert-OH is 1. The van der Waals surface area contributed by atoms with Crippen molar-refractivity contribution < 1.29 is 5.11 Å². The molecule has 0 aliphatic heterocycles. The number of benzene rings is 1. The largest absolute Gasteiger partial charge is 0.395 e. The Morgan fingerprint density at radius 3 is 2.30 bits per heavy atom. The molecule has 112 valence electrons. The van der Waals surface area contributed by atoms with Crippen molar-refractivity contribution in [1.82, 2.24) is 5.32 Å². The summed E-state index contributed by atoms with van der Waals surface area (Å²) in [7, 11) is 0. The number of hydrogen-bond donors (Lipinski definition) is 2. The van der Waals surface area contributed by atoms with Gasteiger partial charge >= 0.3 is 0 Å². The second kappa shape index (κ2) is 7.80. The lowest BCUT2D eigenvalue weighted by molar-refractivity contribution is 0.171. The molecular weight excluding hydrogens is 246 g/mol. The molecule has 0 bridgehead atoms. The second-order valence-corrected chi connectivity index (χ2v) is 6.49. The number of hydrogen-bond acceptors (Lipinski definition) is 2. The quantitative estimate of drug-likeness (QED) is 0.825. The SMILES string of the molecule is CC(C)C(CO)NC(c1ccccc1)C1CCCCC1. The molecule has 0 amide bonds. The van der Waals surface area contributed by atoms with Crippen LogP contribution in [0.3, 0.4) is 0 Å². The van der Waals surface area contributed by atoms with Gasteiger partial charge in [-0.3, -0.25) is 0 Å². The standard InChI is InChI=1S/C18H29NO/c1-14(2)17(13-20)19-18(15-9-5-3-6-10-15)16-11-7-4-8-12-16/h3,5-6,9-10,14,16-20H,4,7-8,11-13H2,1-2H3. The molecule has 1 saturated carbocycles. The van der Waals surface area contributed by atoms with E-state index < -0.39 is 0 Å². The van der Waals surface area contributed by atoms with Gasteiger partial charge in [-0.1, -0.05) is 63.4 Å². The fourth-order valence-electron chi connectivity index (χ4n) is 3.32. The fourth-order valence-corrected chi connectivity index (χ4v) is 3.32. The smallest absolute Gasteiger partial charge is 0.0587 e. The molecular formula is C18H29NO. The first kappa shape index (κ1) is 15.5. The summed E-state index contributed by atoms with van der Waals surface area (Å²) in [5, 5.41) is 13.4. The molecule has 2 atom stereocenters. The molecule has 2 nitrogen and oxygen atoms in total. The predicted molar refractivity (Wildman–Crippen MR) is 84.6 cm³/mol. The summed E-state index contributed by atoms with van der Waals surface area (Å²) in [5.74, 6) is 1.16. The third kappa shape index (κ3) is 4.07. The summed E-state index contributed by atoms with van der Waals surface area (Å²) in [6.45, 7) is 4.57. The van der Waals surface area contributed by atoms with Crippen molar-refractivity contribution in [3.8, 4) is 0 Å². The van der Waals surface area contributed by atoms with Crippen molar-refractivity contribution in [2.75, 3.05) is 6.61 Å². The molecule has 2 N–H and O–H groups in total. The molecule has 2 unspecified atom stereocenters. The van der Waals surface area contributed by atoms with Crippen molar-refractivity contribution >= 4 is 0 Å². The minimum Gasteiger partial charge on any atom is -0.395 e. The first-order valence-corrected chi connectivity index (χ1v) is 8.14. The molecule has 0 saturated heterocycles. The van der Waals surface area contributed by atoms with Gasteiger partial charge in [0.1, 0.15) is 0 Å². The Balaban J connectivity index is 2.15. The van der Waals surface area contributed by atoms with Gasteiger partial charge in [0.2, 0.25) is 0 Å². The average molecular weight is 275 g/mol. The molecule has 2 rings (SSSR count). The van der Waals surface area contributed by atoms with Crippen molar-refractivity contribution in [2.45, 2.75) is 58.0 Å². The summed E-state index contributed by atoms with van der Waals surface area (Å²) < 4.78 is 0. The summed E-state index contributed by atoms with van der Waals surface area (Å²) in [5.41, 5.74) is 1.37. The van der Waals surface area contributed by atoms with Gasteiger partial charge in [0, 0.05) is 12.1 Å². The third-order valence-corrected chi connectivity index (χ3v) is 4.67. The van der Waals surface area contributed by atoms with E-state index in [9.17, 15) is 5.11 Å². The molecule has 0 radical (unpaired) electrons. The number of aliphatic hydroxyl groups is 1. The summed E-state index contributed by atoms with van der Waals surface area (Å²) in [4.78, 5) is 0. The van der Waals surface area contributed by atoms with Crippen molar-refractivity contribution in [3.63, 3.8) is 0 Å². The lowest BCUT2D eigenvalue weighted by atomic mass is 9.80. The van der Waals surface area contributed by atoms with Gasteiger partial charge in [0.15, 0.2) is 0 Å². The van der Waals surface area contributed by atoms with E-state index in [2.05, 4.69) is 49.5 Å². The third-order valence-electron chi connectivity index (χ3n) is 4.67. The zero-order valence-electron chi connectivity index (χ0n) is 12.9. The summed E-state index contributed by atoms with van der Waals surface area (Å²) >= 11 is 0. The van der Waals surface area contributed by atoms with Crippen molar-refractivity contribution in [2.24, 2.45) is 11.8 Å². The Labute approximate surface area is 123 Å². The van der Waals surface area contributed by atoms with Crippen LogP contribution in [0.4, 0.5) is 0 Å². The maximum Gasteiger partial charge on any atom is 0.0587 e. The van der Waals surface area contributed by atoms with Gasteiger partial charge in [0.05, 0.1) is 6.61 Å². The van der Waals surface area contributed by atoms with E-state index in [-0.39, 0.29) is 12.6 Å². The van der Waals surface area contributed by atoms with Crippen molar-refractivity contribution in [3.05, 3.63) is 35.9 Å². The van der Waals surface area contributed by atoms with Crippen LogP contribution in [0.25, 0.3) is 0 Å². The van der Waals surface area contributed by atoms with Crippen LogP contribution < -0.4 is 5.32 Å². The van der Waals surface area contributed by atoms with Crippen LogP contribution in [0.2, 0.25) is 0 Å². The molecule has 1 aromatic rings. The highest BCUT2D eigenvalue weighted by atomic mass is 16.3. The molecule has 1 aliphatic rings. The van der Waals surface area contributed by atoms with Crippen LogP contribution in [0, 0.1) is 11.8 Å². The number of nitrogens with one attached hydrogen (secondary N) is 1. The highest BCUT2D eigenvalue weighted by molar-refractivity contribution is 5.20. The van der Waals surface area contributed by atoms with Gasteiger partial charge in [-0.15, -0.1) is 0 Å². The molecule has 1 aliphatic carbocycles. The maximum atomic E-state index is 9.63. The van der Waals surface area contributed by atoms with Crippen LogP contribution in [-0.4, -0.2) is 17.8 Å². The molecule has 20 heavy (non-hydrogen) atoms. The first-order chi connectivity index (χ1) is 9.72. The van der Waals surface area contributed by atoms with Crippen LogP contribution in [0.15, 0.2) is 30.3 Å². The lowest BCUT2D eigenvalue weighted by Crippen LogP contribution is -2.42. The van der Waals surface area contributed by atoms with Gasteiger partial charge < -0.3 is 10.4 Å². The highest BCUT2D eigenvalue weighted by Gasteiger charge is 2.27. The van der Waals surface area contributed by atoms with E-state index in [0.29, 0.717) is 17.9 Å². The van der Waals surface area contributed by atoms with Gasteiger partial charge in [-0.05, 0) is 30.2 Å². The van der Waals surface area contributed by atoms with Crippen LogP contribution in [0.5, 0.6) is 0 Å². The zero-order chi connectivity index (χ0) is 14.4. The Hall–Kier alpha value is -0.860. The summed E-state index contributed by atoms with van der Waals surface area (Å²) in [6.07, 6.45) is 6.69. The Morgan fingerprint density at radius 2 is 1.75 bits per heavy atom. The Morgan fingerprint density at radius 1 is 1.10 bits per heavy atom. The molecule has 1 fully saturated rings. The van der Waals surface area contributed by atoms with E-state index in [4.69, 9.17) is 0 Å². The maximum absolute atomic E-state index is 9.63. The Bertz CT molecular complexity index is 370. The minimum atomic E-state index is 0.183. The first-order valence-electron chi connectivity index (χ1n) is 8.14. The predicted octanol–water partition coefficient (Wildman–Crippen LogP) is 3.91. The highest BCUT2D eigenvalue weighted by Crippen LogP contribution is 2.35. The number of rotatable bonds is 6. The van der Waals surface area contributed by atoms with E-state index in [1.54, 1.807) is 0 Å². The van der Waals surface area contributed by atoms with Gasteiger partial charge in [0.25, 0.3) is 0 Å². The van der Waals surface area contributed by atoms with E-state index in [1.165, 1.54) is 37.7 Å². The average Bonchev–Trinajstić information content (AvgIpc) is 2.50. The van der Waals surface area contributed by atoms with Crippen LogP contribution in [0.1, 0.15) is 57.6 Å². The fraction of sp³-hybridized carbons (Fsp3) is 0.667. The van der Waals surface area contributed by atoms with Crippen LogP contribution in [-0.2, 0) is 0 Å². The summed E-state index contributed by atoms with van der Waals surface area (Å²) in [6, 6.07) is 11.3. The lowest BCUT2D eigenvalue weighted by Gasteiger charge is -2.35. The van der Waals surface area contributed by atoms with Gasteiger partial charge in [-0.25, -0.2) is 0 Å². The van der Waals surface area contributed by atoms with Crippen LogP contribution >= 0.6 is 0 Å². The monoisotopic (exact) mass is 275 g/mol. The van der Waals surface area contributed by atoms with Crippen molar-refractivity contribution in [1.29, 1.82) is 0 Å². The zero-order valence-corrected chi connectivity index (χ0v) is 12.9. The van der Waals surface area contributed by atoms with Gasteiger partial charge in [-0.2, -0.15) is 0 Å². The van der Waals surface area contributed by atoms with E-state index >= 15 is 0 Å². The molecule has 0 spiro atoms. The minimum absolute atomic E-state index is 0.183. The topological polar surface area (TPSA) is 32.3 Å².